The average molecular weight is 253 g/mol. The summed E-state index contributed by atoms with van der Waals surface area (Å²) in [5.74, 6) is -0.886. The van der Waals surface area contributed by atoms with Crippen LogP contribution in [0.5, 0.6) is 0 Å². The number of hydrogen-bond acceptors (Lipinski definition) is 2. The molecule has 0 radical (unpaired) electrons. The molecular formula is C16H15NO2. The van der Waals surface area contributed by atoms with Gasteiger partial charge in [0.2, 0.25) is 0 Å². The van der Waals surface area contributed by atoms with Crippen molar-refractivity contribution in [3.63, 3.8) is 0 Å². The van der Waals surface area contributed by atoms with Crippen LogP contribution < -0.4 is 4.90 Å². The number of carboxylic acid groups (broad SMARTS) is 1. The van der Waals surface area contributed by atoms with Crippen LogP contribution in [0.15, 0.2) is 42.5 Å². The number of likely N-dealkylation sites (N-methyl/N-ethyl adjacent to an activating group) is 1. The molecule has 0 aromatic heterocycles. The van der Waals surface area contributed by atoms with Crippen LogP contribution in [0.25, 0.3) is 11.1 Å². The molecule has 19 heavy (non-hydrogen) atoms. The smallest absolute Gasteiger partial charge is 0.335 e. The minimum atomic E-state index is -0.886. The molecule has 1 aliphatic rings. The van der Waals surface area contributed by atoms with Crippen molar-refractivity contribution in [1.29, 1.82) is 0 Å². The molecule has 0 atom stereocenters. The first-order chi connectivity index (χ1) is 9.15. The number of aromatic carboxylic acids is 1. The number of hydrogen-bond donors (Lipinski definition) is 1. The molecule has 0 bridgehead atoms. The highest BCUT2D eigenvalue weighted by Gasteiger charge is 2.16. The van der Waals surface area contributed by atoms with Gasteiger partial charge in [0.15, 0.2) is 0 Å². The second-order valence-corrected chi connectivity index (χ2v) is 4.90. The molecule has 0 fully saturated rings. The van der Waals surface area contributed by atoms with Crippen molar-refractivity contribution >= 4 is 11.7 Å². The summed E-state index contributed by atoms with van der Waals surface area (Å²) in [6, 6.07) is 13.4. The summed E-state index contributed by atoms with van der Waals surface area (Å²) < 4.78 is 0. The van der Waals surface area contributed by atoms with E-state index in [1.807, 2.05) is 6.07 Å². The van der Waals surface area contributed by atoms with Gasteiger partial charge in [-0.3, -0.25) is 0 Å². The molecule has 0 unspecified atom stereocenters. The molecule has 3 nitrogen and oxygen atoms in total. The number of carboxylic acids is 1. The maximum Gasteiger partial charge on any atom is 0.335 e. The van der Waals surface area contributed by atoms with Crippen molar-refractivity contribution in [2.24, 2.45) is 0 Å². The van der Waals surface area contributed by atoms with Crippen molar-refractivity contribution in [2.75, 3.05) is 18.5 Å². The lowest BCUT2D eigenvalue weighted by Crippen LogP contribution is -2.12. The molecular weight excluding hydrogens is 238 g/mol. The van der Waals surface area contributed by atoms with Gasteiger partial charge in [0.25, 0.3) is 0 Å². The Bertz CT molecular complexity index is 649. The Morgan fingerprint density at radius 2 is 1.95 bits per heavy atom. The van der Waals surface area contributed by atoms with E-state index in [2.05, 4.69) is 30.1 Å². The lowest BCUT2D eigenvalue weighted by Gasteiger charge is -2.12. The van der Waals surface area contributed by atoms with E-state index in [1.54, 1.807) is 18.2 Å². The lowest BCUT2D eigenvalue weighted by molar-refractivity contribution is 0.0697. The van der Waals surface area contributed by atoms with E-state index < -0.39 is 5.97 Å². The topological polar surface area (TPSA) is 40.5 Å². The average Bonchev–Trinajstić information content (AvgIpc) is 2.80. The Labute approximate surface area is 112 Å². The highest BCUT2D eigenvalue weighted by molar-refractivity contribution is 5.89. The van der Waals surface area contributed by atoms with Gasteiger partial charge in [-0.05, 0) is 47.4 Å². The van der Waals surface area contributed by atoms with E-state index in [0.717, 1.165) is 24.1 Å². The van der Waals surface area contributed by atoms with Gasteiger partial charge in [-0.25, -0.2) is 4.79 Å². The standard InChI is InChI=1S/C16H15NO2/c1-17-8-7-13-9-12(5-6-15(13)17)11-3-2-4-14(10-11)16(18)19/h2-6,9-10H,7-8H2,1H3,(H,18,19). The summed E-state index contributed by atoms with van der Waals surface area (Å²) in [5.41, 5.74) is 4.98. The zero-order chi connectivity index (χ0) is 13.4. The third-order valence-corrected chi connectivity index (χ3v) is 3.65. The fourth-order valence-electron chi connectivity index (χ4n) is 2.58. The third-order valence-electron chi connectivity index (χ3n) is 3.65. The predicted molar refractivity (Wildman–Crippen MR) is 75.8 cm³/mol. The predicted octanol–water partition coefficient (Wildman–Crippen LogP) is 3.04. The Kier molecular flexibility index (Phi) is 2.75. The number of fused-ring (bicyclic) bond motifs is 1. The maximum absolute atomic E-state index is 11.0. The second-order valence-electron chi connectivity index (χ2n) is 4.90. The lowest BCUT2D eigenvalue weighted by atomic mass is 10.00. The molecule has 1 aliphatic heterocycles. The summed E-state index contributed by atoms with van der Waals surface area (Å²) in [6.07, 6.45) is 1.05. The Balaban J connectivity index is 2.03. The summed E-state index contributed by atoms with van der Waals surface area (Å²) in [4.78, 5) is 13.3. The zero-order valence-electron chi connectivity index (χ0n) is 10.8. The van der Waals surface area contributed by atoms with Gasteiger partial charge in [0.05, 0.1) is 5.56 Å². The normalized spacial score (nSPS) is 13.4. The van der Waals surface area contributed by atoms with Gasteiger partial charge < -0.3 is 10.0 Å². The molecule has 0 saturated carbocycles. The van der Waals surface area contributed by atoms with Crippen LogP contribution in [0.3, 0.4) is 0 Å². The second kappa shape index (κ2) is 4.43. The van der Waals surface area contributed by atoms with Crippen LogP contribution in [-0.4, -0.2) is 24.7 Å². The van der Waals surface area contributed by atoms with Crippen LogP contribution in [-0.2, 0) is 6.42 Å². The first kappa shape index (κ1) is 11.8. The molecule has 0 amide bonds. The van der Waals surface area contributed by atoms with E-state index in [-0.39, 0.29) is 0 Å². The molecule has 2 aromatic carbocycles. The van der Waals surface area contributed by atoms with Gasteiger partial charge in [-0.2, -0.15) is 0 Å². The quantitative estimate of drug-likeness (QED) is 0.894. The molecule has 3 rings (SSSR count). The highest BCUT2D eigenvalue weighted by atomic mass is 16.4. The molecule has 1 heterocycles. The summed E-state index contributed by atoms with van der Waals surface area (Å²) in [5, 5.41) is 9.04. The fraction of sp³-hybridized carbons (Fsp3) is 0.188. The van der Waals surface area contributed by atoms with Crippen molar-refractivity contribution in [2.45, 2.75) is 6.42 Å². The van der Waals surface area contributed by atoms with E-state index in [4.69, 9.17) is 5.11 Å². The summed E-state index contributed by atoms with van der Waals surface area (Å²) in [7, 11) is 2.09. The molecule has 96 valence electrons. The Morgan fingerprint density at radius 1 is 1.16 bits per heavy atom. The van der Waals surface area contributed by atoms with Crippen LogP contribution in [0.4, 0.5) is 5.69 Å². The SMILES string of the molecule is CN1CCc2cc(-c3cccc(C(=O)O)c3)ccc21. The Hall–Kier alpha value is -2.29. The number of carbonyl (C=O) groups is 1. The monoisotopic (exact) mass is 253 g/mol. The van der Waals surface area contributed by atoms with E-state index >= 15 is 0 Å². The number of anilines is 1. The molecule has 2 aromatic rings. The molecule has 0 aliphatic carbocycles. The van der Waals surface area contributed by atoms with Crippen LogP contribution >= 0.6 is 0 Å². The van der Waals surface area contributed by atoms with E-state index in [0.29, 0.717) is 5.56 Å². The largest absolute Gasteiger partial charge is 0.478 e. The van der Waals surface area contributed by atoms with Crippen molar-refractivity contribution in [3.05, 3.63) is 53.6 Å². The Morgan fingerprint density at radius 3 is 2.74 bits per heavy atom. The van der Waals surface area contributed by atoms with Crippen molar-refractivity contribution in [1.82, 2.24) is 0 Å². The van der Waals surface area contributed by atoms with Gasteiger partial charge in [0, 0.05) is 19.3 Å². The summed E-state index contributed by atoms with van der Waals surface area (Å²) >= 11 is 0. The fourth-order valence-corrected chi connectivity index (χ4v) is 2.58. The van der Waals surface area contributed by atoms with Gasteiger partial charge >= 0.3 is 5.97 Å². The highest BCUT2D eigenvalue weighted by Crippen LogP contribution is 2.31. The molecule has 0 spiro atoms. The minimum absolute atomic E-state index is 0.329. The van der Waals surface area contributed by atoms with Crippen molar-refractivity contribution in [3.8, 4) is 11.1 Å². The van der Waals surface area contributed by atoms with Crippen LogP contribution in [0.1, 0.15) is 15.9 Å². The van der Waals surface area contributed by atoms with Crippen LogP contribution in [0, 0.1) is 0 Å². The van der Waals surface area contributed by atoms with Crippen LogP contribution in [0.2, 0.25) is 0 Å². The van der Waals surface area contributed by atoms with Crippen molar-refractivity contribution < 1.29 is 9.90 Å². The minimum Gasteiger partial charge on any atom is -0.478 e. The molecule has 3 heteroatoms. The van der Waals surface area contributed by atoms with Gasteiger partial charge in [0.1, 0.15) is 0 Å². The zero-order valence-corrected chi connectivity index (χ0v) is 10.8. The third kappa shape index (κ3) is 2.08. The first-order valence-corrected chi connectivity index (χ1v) is 6.33. The molecule has 1 N–H and O–H groups in total. The number of nitrogens with zero attached hydrogens (tertiary/aromatic N) is 1. The maximum atomic E-state index is 11.0. The van der Waals surface area contributed by atoms with E-state index in [1.165, 1.54) is 11.3 Å². The number of benzene rings is 2. The summed E-state index contributed by atoms with van der Waals surface area (Å²) in [6.45, 7) is 1.05. The van der Waals surface area contributed by atoms with Gasteiger partial charge in [-0.1, -0.05) is 18.2 Å². The van der Waals surface area contributed by atoms with Gasteiger partial charge in [-0.15, -0.1) is 0 Å². The first-order valence-electron chi connectivity index (χ1n) is 6.33. The number of rotatable bonds is 2. The molecule has 0 saturated heterocycles. The van der Waals surface area contributed by atoms with E-state index in [9.17, 15) is 4.79 Å².